The SMILES string of the molecule is COCCN1CCN(C(=O)c2ccc(F)c(F)c2)CC1. The normalized spacial score (nSPS) is 16.4. The number of halogens is 2. The third kappa shape index (κ3) is 3.52. The summed E-state index contributed by atoms with van der Waals surface area (Å²) in [6.07, 6.45) is 0. The quantitative estimate of drug-likeness (QED) is 0.837. The summed E-state index contributed by atoms with van der Waals surface area (Å²) in [5.41, 5.74) is 0.189. The molecule has 2 rings (SSSR count). The van der Waals surface area contributed by atoms with E-state index in [-0.39, 0.29) is 11.5 Å². The summed E-state index contributed by atoms with van der Waals surface area (Å²) < 4.78 is 31.0. The fourth-order valence-corrected chi connectivity index (χ4v) is 2.21. The number of methoxy groups -OCH3 is 1. The van der Waals surface area contributed by atoms with Crippen LogP contribution in [-0.2, 0) is 4.74 Å². The molecule has 1 heterocycles. The third-order valence-corrected chi connectivity index (χ3v) is 3.44. The highest BCUT2D eigenvalue weighted by atomic mass is 19.2. The van der Waals surface area contributed by atoms with Gasteiger partial charge in [0.05, 0.1) is 6.61 Å². The first-order valence-electron chi connectivity index (χ1n) is 6.57. The molecule has 1 saturated heterocycles. The maximum atomic E-state index is 13.1. The Morgan fingerprint density at radius 1 is 1.20 bits per heavy atom. The molecule has 0 bridgehead atoms. The predicted octanol–water partition coefficient (Wildman–Crippen LogP) is 1.37. The molecule has 1 fully saturated rings. The second-order valence-electron chi connectivity index (χ2n) is 4.76. The van der Waals surface area contributed by atoms with Crippen molar-refractivity contribution in [3.63, 3.8) is 0 Å². The Hall–Kier alpha value is -1.53. The molecule has 0 N–H and O–H groups in total. The predicted molar refractivity (Wildman–Crippen MR) is 70.6 cm³/mol. The number of carbonyl (C=O) groups excluding carboxylic acids is 1. The van der Waals surface area contributed by atoms with Crippen LogP contribution in [-0.4, -0.2) is 62.1 Å². The van der Waals surface area contributed by atoms with Crippen molar-refractivity contribution >= 4 is 5.91 Å². The van der Waals surface area contributed by atoms with Crippen LogP contribution in [0.1, 0.15) is 10.4 Å². The van der Waals surface area contributed by atoms with Crippen molar-refractivity contribution in [1.29, 1.82) is 0 Å². The Morgan fingerprint density at radius 2 is 1.90 bits per heavy atom. The standard InChI is InChI=1S/C14H18F2N2O2/c1-20-9-8-17-4-6-18(7-5-17)14(19)11-2-3-12(15)13(16)10-11/h2-3,10H,4-9H2,1H3. The van der Waals surface area contributed by atoms with Crippen LogP contribution in [0.2, 0.25) is 0 Å². The molecule has 110 valence electrons. The zero-order valence-corrected chi connectivity index (χ0v) is 11.4. The molecular weight excluding hydrogens is 266 g/mol. The van der Waals surface area contributed by atoms with E-state index >= 15 is 0 Å². The van der Waals surface area contributed by atoms with Crippen molar-refractivity contribution in [2.75, 3.05) is 46.4 Å². The van der Waals surface area contributed by atoms with Crippen molar-refractivity contribution in [3.05, 3.63) is 35.4 Å². The number of rotatable bonds is 4. The molecule has 1 aliphatic heterocycles. The molecule has 0 aliphatic carbocycles. The molecule has 20 heavy (non-hydrogen) atoms. The van der Waals surface area contributed by atoms with Gasteiger partial charge >= 0.3 is 0 Å². The van der Waals surface area contributed by atoms with E-state index < -0.39 is 11.6 Å². The summed E-state index contributed by atoms with van der Waals surface area (Å²) in [5, 5.41) is 0. The molecule has 6 heteroatoms. The van der Waals surface area contributed by atoms with E-state index in [9.17, 15) is 13.6 Å². The van der Waals surface area contributed by atoms with Crippen molar-refractivity contribution in [1.82, 2.24) is 9.80 Å². The van der Waals surface area contributed by atoms with Gasteiger partial charge in [0.1, 0.15) is 0 Å². The number of ether oxygens (including phenoxy) is 1. The van der Waals surface area contributed by atoms with E-state index in [4.69, 9.17) is 4.74 Å². The van der Waals surface area contributed by atoms with Crippen LogP contribution in [0.5, 0.6) is 0 Å². The molecule has 0 atom stereocenters. The van der Waals surface area contributed by atoms with Gasteiger partial charge in [-0.15, -0.1) is 0 Å². The van der Waals surface area contributed by atoms with E-state index in [2.05, 4.69) is 4.90 Å². The van der Waals surface area contributed by atoms with E-state index in [1.165, 1.54) is 6.07 Å². The summed E-state index contributed by atoms with van der Waals surface area (Å²) >= 11 is 0. The lowest BCUT2D eigenvalue weighted by Gasteiger charge is -2.34. The van der Waals surface area contributed by atoms with E-state index in [0.717, 1.165) is 31.8 Å². The first-order chi connectivity index (χ1) is 9.61. The van der Waals surface area contributed by atoms with Crippen LogP contribution in [0.4, 0.5) is 8.78 Å². The number of piperazine rings is 1. The van der Waals surface area contributed by atoms with Crippen molar-refractivity contribution < 1.29 is 18.3 Å². The molecule has 4 nitrogen and oxygen atoms in total. The monoisotopic (exact) mass is 284 g/mol. The molecule has 1 aliphatic rings. The van der Waals surface area contributed by atoms with E-state index in [1.54, 1.807) is 12.0 Å². The van der Waals surface area contributed by atoms with Crippen molar-refractivity contribution in [2.24, 2.45) is 0 Å². The van der Waals surface area contributed by atoms with Crippen molar-refractivity contribution in [2.45, 2.75) is 0 Å². The van der Waals surface area contributed by atoms with Crippen LogP contribution in [0, 0.1) is 11.6 Å². The lowest BCUT2D eigenvalue weighted by Crippen LogP contribution is -2.49. The number of benzene rings is 1. The third-order valence-electron chi connectivity index (χ3n) is 3.44. The summed E-state index contributed by atoms with van der Waals surface area (Å²) in [7, 11) is 1.66. The van der Waals surface area contributed by atoms with Crippen LogP contribution in [0.3, 0.4) is 0 Å². The van der Waals surface area contributed by atoms with Crippen molar-refractivity contribution in [3.8, 4) is 0 Å². The number of nitrogens with zero attached hydrogens (tertiary/aromatic N) is 2. The van der Waals surface area contributed by atoms with E-state index in [1.807, 2.05) is 0 Å². The Bertz CT molecular complexity index is 474. The fraction of sp³-hybridized carbons (Fsp3) is 0.500. The molecule has 0 saturated carbocycles. The summed E-state index contributed by atoms with van der Waals surface area (Å²) in [6.45, 7) is 4.20. The zero-order valence-electron chi connectivity index (χ0n) is 11.4. The highest BCUT2D eigenvalue weighted by Crippen LogP contribution is 2.12. The summed E-state index contributed by atoms with van der Waals surface area (Å²) in [4.78, 5) is 16.0. The largest absolute Gasteiger partial charge is 0.383 e. The van der Waals surface area contributed by atoms with Crippen LogP contribution < -0.4 is 0 Å². The summed E-state index contributed by atoms with van der Waals surface area (Å²) in [6, 6.07) is 3.25. The van der Waals surface area contributed by atoms with Gasteiger partial charge in [-0.25, -0.2) is 8.78 Å². The van der Waals surface area contributed by atoms with Gasteiger partial charge in [-0.05, 0) is 18.2 Å². The average molecular weight is 284 g/mol. The molecule has 0 spiro atoms. The molecule has 1 amide bonds. The van der Waals surface area contributed by atoms with Gasteiger partial charge in [-0.1, -0.05) is 0 Å². The van der Waals surface area contributed by atoms with Gasteiger partial charge in [0, 0.05) is 45.4 Å². The lowest BCUT2D eigenvalue weighted by atomic mass is 10.1. The number of amides is 1. The maximum absolute atomic E-state index is 13.1. The minimum absolute atomic E-state index is 0.189. The van der Waals surface area contributed by atoms with Gasteiger partial charge < -0.3 is 9.64 Å². The van der Waals surface area contributed by atoms with Gasteiger partial charge in [0.25, 0.3) is 5.91 Å². The molecule has 0 aromatic heterocycles. The second-order valence-corrected chi connectivity index (χ2v) is 4.76. The minimum Gasteiger partial charge on any atom is -0.383 e. The molecule has 0 unspecified atom stereocenters. The number of carbonyl (C=O) groups is 1. The molecule has 1 aromatic carbocycles. The molecule has 1 aromatic rings. The minimum atomic E-state index is -0.991. The fourth-order valence-electron chi connectivity index (χ4n) is 2.21. The molecular formula is C14H18F2N2O2. The molecule has 0 radical (unpaired) electrons. The van der Waals surface area contributed by atoms with Crippen LogP contribution in [0.25, 0.3) is 0 Å². The number of hydrogen-bond acceptors (Lipinski definition) is 3. The van der Waals surface area contributed by atoms with Gasteiger partial charge in [0.15, 0.2) is 11.6 Å². The first kappa shape index (κ1) is 14.9. The lowest BCUT2D eigenvalue weighted by molar-refractivity contribution is 0.0593. The Balaban J connectivity index is 1.92. The topological polar surface area (TPSA) is 32.8 Å². The Kier molecular flexibility index (Phi) is 5.03. The Morgan fingerprint density at radius 3 is 2.50 bits per heavy atom. The number of hydrogen-bond donors (Lipinski definition) is 0. The van der Waals surface area contributed by atoms with Gasteiger partial charge in [-0.2, -0.15) is 0 Å². The zero-order chi connectivity index (χ0) is 14.5. The highest BCUT2D eigenvalue weighted by Gasteiger charge is 2.22. The summed E-state index contributed by atoms with van der Waals surface area (Å²) in [5.74, 6) is -2.18. The smallest absolute Gasteiger partial charge is 0.254 e. The van der Waals surface area contributed by atoms with Crippen LogP contribution in [0.15, 0.2) is 18.2 Å². The second kappa shape index (κ2) is 6.76. The van der Waals surface area contributed by atoms with E-state index in [0.29, 0.717) is 19.7 Å². The maximum Gasteiger partial charge on any atom is 0.254 e. The first-order valence-corrected chi connectivity index (χ1v) is 6.57. The Labute approximate surface area is 116 Å². The van der Waals surface area contributed by atoms with Crippen LogP contribution >= 0.6 is 0 Å². The van der Waals surface area contributed by atoms with Gasteiger partial charge in [-0.3, -0.25) is 9.69 Å². The van der Waals surface area contributed by atoms with Gasteiger partial charge in [0.2, 0.25) is 0 Å². The average Bonchev–Trinajstić information content (AvgIpc) is 2.48. The highest BCUT2D eigenvalue weighted by molar-refractivity contribution is 5.94.